The highest BCUT2D eigenvalue weighted by Gasteiger charge is 2.30. The van der Waals surface area contributed by atoms with Crippen molar-refractivity contribution in [2.24, 2.45) is 7.05 Å². The number of aryl methyl sites for hydroxylation is 2. The summed E-state index contributed by atoms with van der Waals surface area (Å²) >= 11 is 0. The van der Waals surface area contributed by atoms with Gasteiger partial charge in [0.15, 0.2) is 0 Å². The third kappa shape index (κ3) is 2.23. The van der Waals surface area contributed by atoms with E-state index < -0.39 is 0 Å². The van der Waals surface area contributed by atoms with Crippen LogP contribution in [0.1, 0.15) is 44.4 Å². The Morgan fingerprint density at radius 3 is 2.80 bits per heavy atom. The summed E-state index contributed by atoms with van der Waals surface area (Å²) in [6.45, 7) is 5.45. The van der Waals surface area contributed by atoms with Crippen LogP contribution in [-0.2, 0) is 20.0 Å². The summed E-state index contributed by atoms with van der Waals surface area (Å²) in [5.41, 5.74) is 2.97. The first kappa shape index (κ1) is 10.7. The molecule has 1 aliphatic carbocycles. The molecule has 15 heavy (non-hydrogen) atoms. The van der Waals surface area contributed by atoms with Gasteiger partial charge in [-0.1, -0.05) is 6.92 Å². The summed E-state index contributed by atoms with van der Waals surface area (Å²) in [4.78, 5) is 0. The number of nitrogens with one attached hydrogen (secondary N) is 1. The van der Waals surface area contributed by atoms with E-state index in [1.807, 2.05) is 11.7 Å². The zero-order valence-electron chi connectivity index (χ0n) is 10.0. The first-order valence-corrected chi connectivity index (χ1v) is 5.89. The molecule has 84 valence electrons. The van der Waals surface area contributed by atoms with Crippen molar-refractivity contribution in [2.75, 3.05) is 0 Å². The number of aromatic nitrogens is 2. The Hall–Kier alpha value is -0.830. The van der Waals surface area contributed by atoms with Crippen LogP contribution in [0.4, 0.5) is 0 Å². The predicted molar refractivity (Wildman–Crippen MR) is 61.7 cm³/mol. The summed E-state index contributed by atoms with van der Waals surface area (Å²) < 4.78 is 1.92. The molecule has 0 aliphatic heterocycles. The first-order chi connectivity index (χ1) is 7.13. The minimum absolute atomic E-state index is 0.390. The fraction of sp³-hybridized carbons (Fsp3) is 0.750. The van der Waals surface area contributed by atoms with Gasteiger partial charge in [-0.25, -0.2) is 0 Å². The average Bonchev–Trinajstić information content (AvgIpc) is 2.53. The SMILES string of the molecule is CCc1nn(C)cc1CNC1(C)CCC1. The van der Waals surface area contributed by atoms with Crippen molar-refractivity contribution in [3.63, 3.8) is 0 Å². The van der Waals surface area contributed by atoms with E-state index in [1.54, 1.807) is 0 Å². The standard InChI is InChI=1S/C12H21N3/c1-4-11-10(9-15(3)14-11)8-13-12(2)6-5-7-12/h9,13H,4-8H2,1-3H3. The van der Waals surface area contributed by atoms with Gasteiger partial charge in [0.1, 0.15) is 0 Å². The average molecular weight is 207 g/mol. The van der Waals surface area contributed by atoms with Crippen LogP contribution in [0.15, 0.2) is 6.20 Å². The van der Waals surface area contributed by atoms with Gasteiger partial charge >= 0.3 is 0 Å². The second kappa shape index (κ2) is 3.97. The number of nitrogens with zero attached hydrogens (tertiary/aromatic N) is 2. The molecule has 0 bridgehead atoms. The lowest BCUT2D eigenvalue weighted by molar-refractivity contribution is 0.206. The molecule has 0 atom stereocenters. The van der Waals surface area contributed by atoms with E-state index >= 15 is 0 Å². The molecule has 0 unspecified atom stereocenters. The van der Waals surface area contributed by atoms with E-state index in [-0.39, 0.29) is 0 Å². The fourth-order valence-electron chi connectivity index (χ4n) is 2.22. The van der Waals surface area contributed by atoms with Crippen molar-refractivity contribution < 1.29 is 0 Å². The van der Waals surface area contributed by atoms with Crippen LogP contribution in [0.3, 0.4) is 0 Å². The first-order valence-electron chi connectivity index (χ1n) is 5.89. The molecule has 1 N–H and O–H groups in total. The summed E-state index contributed by atoms with van der Waals surface area (Å²) in [5.74, 6) is 0. The Bertz CT molecular complexity index is 337. The van der Waals surface area contributed by atoms with Crippen LogP contribution in [-0.4, -0.2) is 15.3 Å². The Balaban J connectivity index is 1.97. The quantitative estimate of drug-likeness (QED) is 0.818. The molecular weight excluding hydrogens is 186 g/mol. The summed E-state index contributed by atoms with van der Waals surface area (Å²) in [6.07, 6.45) is 7.16. The highest BCUT2D eigenvalue weighted by Crippen LogP contribution is 2.31. The summed E-state index contributed by atoms with van der Waals surface area (Å²) in [5, 5.41) is 8.10. The Morgan fingerprint density at radius 1 is 1.53 bits per heavy atom. The largest absolute Gasteiger partial charge is 0.307 e. The highest BCUT2D eigenvalue weighted by atomic mass is 15.3. The number of hydrogen-bond donors (Lipinski definition) is 1. The Kier molecular flexibility index (Phi) is 2.83. The van der Waals surface area contributed by atoms with Crippen LogP contribution < -0.4 is 5.32 Å². The van der Waals surface area contributed by atoms with Gasteiger partial charge in [0.2, 0.25) is 0 Å². The zero-order valence-corrected chi connectivity index (χ0v) is 10.0. The van der Waals surface area contributed by atoms with E-state index in [0.29, 0.717) is 5.54 Å². The molecule has 0 aromatic carbocycles. The van der Waals surface area contributed by atoms with Gasteiger partial charge < -0.3 is 5.32 Å². The lowest BCUT2D eigenvalue weighted by atomic mass is 9.78. The molecule has 2 rings (SSSR count). The fourth-order valence-corrected chi connectivity index (χ4v) is 2.22. The van der Waals surface area contributed by atoms with Gasteiger partial charge in [0.25, 0.3) is 0 Å². The van der Waals surface area contributed by atoms with Gasteiger partial charge in [-0.3, -0.25) is 4.68 Å². The van der Waals surface area contributed by atoms with Crippen molar-refractivity contribution in [2.45, 2.75) is 51.6 Å². The van der Waals surface area contributed by atoms with Gasteiger partial charge in [0, 0.05) is 30.9 Å². The molecule has 1 aliphatic rings. The third-order valence-electron chi connectivity index (χ3n) is 3.49. The molecule has 3 nitrogen and oxygen atoms in total. The molecule has 1 aromatic heterocycles. The summed E-state index contributed by atoms with van der Waals surface area (Å²) in [7, 11) is 1.99. The maximum atomic E-state index is 4.45. The summed E-state index contributed by atoms with van der Waals surface area (Å²) in [6, 6.07) is 0. The van der Waals surface area contributed by atoms with Gasteiger partial charge in [0.05, 0.1) is 5.69 Å². The van der Waals surface area contributed by atoms with Crippen molar-refractivity contribution in [1.29, 1.82) is 0 Å². The molecule has 3 heteroatoms. The molecule has 1 saturated carbocycles. The molecule has 1 heterocycles. The third-order valence-corrected chi connectivity index (χ3v) is 3.49. The van der Waals surface area contributed by atoms with Crippen LogP contribution in [0.25, 0.3) is 0 Å². The van der Waals surface area contributed by atoms with Gasteiger partial charge in [-0.15, -0.1) is 0 Å². The van der Waals surface area contributed by atoms with Gasteiger partial charge in [-0.05, 0) is 32.6 Å². The van der Waals surface area contributed by atoms with Crippen molar-refractivity contribution in [3.8, 4) is 0 Å². The Labute approximate surface area is 91.9 Å². The maximum Gasteiger partial charge on any atom is 0.0666 e. The second-order valence-corrected chi connectivity index (χ2v) is 4.90. The molecule has 0 spiro atoms. The minimum Gasteiger partial charge on any atom is -0.307 e. The molecule has 1 fully saturated rings. The molecule has 0 radical (unpaired) electrons. The normalized spacial score (nSPS) is 18.9. The number of hydrogen-bond acceptors (Lipinski definition) is 2. The smallest absolute Gasteiger partial charge is 0.0666 e. The molecule has 0 saturated heterocycles. The van der Waals surface area contributed by atoms with Crippen LogP contribution in [0.2, 0.25) is 0 Å². The van der Waals surface area contributed by atoms with Crippen LogP contribution in [0, 0.1) is 0 Å². The molecule has 1 aromatic rings. The lowest BCUT2D eigenvalue weighted by Gasteiger charge is -2.39. The zero-order chi connectivity index (χ0) is 10.9. The minimum atomic E-state index is 0.390. The lowest BCUT2D eigenvalue weighted by Crippen LogP contribution is -2.47. The van der Waals surface area contributed by atoms with E-state index in [9.17, 15) is 0 Å². The monoisotopic (exact) mass is 207 g/mol. The van der Waals surface area contributed by atoms with Crippen molar-refractivity contribution in [3.05, 3.63) is 17.5 Å². The van der Waals surface area contributed by atoms with E-state index in [0.717, 1.165) is 13.0 Å². The van der Waals surface area contributed by atoms with Crippen molar-refractivity contribution in [1.82, 2.24) is 15.1 Å². The number of rotatable bonds is 4. The van der Waals surface area contributed by atoms with E-state index in [4.69, 9.17) is 0 Å². The van der Waals surface area contributed by atoms with Crippen LogP contribution in [0.5, 0.6) is 0 Å². The van der Waals surface area contributed by atoms with Crippen LogP contribution >= 0.6 is 0 Å². The maximum absolute atomic E-state index is 4.45. The highest BCUT2D eigenvalue weighted by molar-refractivity contribution is 5.17. The Morgan fingerprint density at radius 2 is 2.27 bits per heavy atom. The molecular formula is C12H21N3. The van der Waals surface area contributed by atoms with Crippen molar-refractivity contribution >= 4 is 0 Å². The van der Waals surface area contributed by atoms with Gasteiger partial charge in [-0.2, -0.15) is 5.10 Å². The predicted octanol–water partition coefficient (Wildman–Crippen LogP) is 2.01. The topological polar surface area (TPSA) is 29.9 Å². The second-order valence-electron chi connectivity index (χ2n) is 4.90. The molecule has 0 amide bonds. The van der Waals surface area contributed by atoms with E-state index in [2.05, 4.69) is 30.5 Å². The van der Waals surface area contributed by atoms with E-state index in [1.165, 1.54) is 30.5 Å².